The highest BCUT2D eigenvalue weighted by Crippen LogP contribution is 2.09. The van der Waals surface area contributed by atoms with E-state index in [1.165, 1.54) is 6.33 Å². The van der Waals surface area contributed by atoms with Crippen molar-refractivity contribution in [3.8, 4) is 5.69 Å². The summed E-state index contributed by atoms with van der Waals surface area (Å²) in [6, 6.07) is 0. The Balaban J connectivity index is 2.18. The normalized spacial score (nSPS) is 11.7. The van der Waals surface area contributed by atoms with Crippen LogP contribution < -0.4 is 5.32 Å². The quantitative estimate of drug-likeness (QED) is 0.870. The van der Waals surface area contributed by atoms with E-state index in [1.807, 2.05) is 10.8 Å². The third-order valence-electron chi connectivity index (χ3n) is 2.34. The zero-order chi connectivity index (χ0) is 12.3. The molecule has 0 atom stereocenters. The van der Waals surface area contributed by atoms with Crippen LogP contribution in [-0.4, -0.2) is 25.1 Å². The highest BCUT2D eigenvalue weighted by molar-refractivity contribution is 5.27. The summed E-state index contributed by atoms with van der Waals surface area (Å²) >= 11 is 0. The molecular formula is C12H17N5. The van der Waals surface area contributed by atoms with E-state index in [0.717, 1.165) is 17.9 Å². The van der Waals surface area contributed by atoms with Crippen LogP contribution in [-0.2, 0) is 6.54 Å². The van der Waals surface area contributed by atoms with Gasteiger partial charge in [0.2, 0.25) is 0 Å². The molecule has 0 fully saturated rings. The van der Waals surface area contributed by atoms with Crippen LogP contribution in [0.25, 0.3) is 5.69 Å². The number of hydrogen-bond acceptors (Lipinski definition) is 4. The van der Waals surface area contributed by atoms with E-state index >= 15 is 0 Å². The maximum absolute atomic E-state index is 4.17. The van der Waals surface area contributed by atoms with Crippen LogP contribution in [0.1, 0.15) is 26.5 Å². The molecule has 0 aromatic carbocycles. The van der Waals surface area contributed by atoms with Gasteiger partial charge in [-0.25, -0.2) is 15.0 Å². The van der Waals surface area contributed by atoms with Gasteiger partial charge in [-0.15, -0.1) is 0 Å². The third kappa shape index (κ3) is 3.10. The van der Waals surface area contributed by atoms with Crippen molar-refractivity contribution in [1.29, 1.82) is 0 Å². The van der Waals surface area contributed by atoms with Crippen LogP contribution in [0.15, 0.2) is 31.2 Å². The largest absolute Gasteiger partial charge is 0.306 e. The van der Waals surface area contributed by atoms with E-state index in [1.54, 1.807) is 18.7 Å². The zero-order valence-electron chi connectivity index (χ0n) is 10.4. The number of aromatic nitrogens is 4. The Morgan fingerprint density at radius 2 is 1.82 bits per heavy atom. The number of nitrogens with one attached hydrogen (secondary N) is 1. The minimum Gasteiger partial charge on any atom is -0.306 e. The number of imidazole rings is 1. The van der Waals surface area contributed by atoms with Crippen molar-refractivity contribution in [1.82, 2.24) is 24.8 Å². The molecule has 0 aliphatic rings. The van der Waals surface area contributed by atoms with E-state index in [9.17, 15) is 0 Å². The second-order valence-electron chi connectivity index (χ2n) is 4.96. The maximum Gasteiger partial charge on any atom is 0.115 e. The number of nitrogens with zero attached hydrogens (tertiary/aromatic N) is 4. The molecule has 17 heavy (non-hydrogen) atoms. The average Bonchev–Trinajstić information content (AvgIpc) is 2.75. The second kappa shape index (κ2) is 4.63. The van der Waals surface area contributed by atoms with Crippen LogP contribution in [0, 0.1) is 0 Å². The van der Waals surface area contributed by atoms with Gasteiger partial charge in [0.05, 0.1) is 30.1 Å². The number of hydrogen-bond donors (Lipinski definition) is 1. The van der Waals surface area contributed by atoms with Gasteiger partial charge in [0, 0.05) is 18.3 Å². The SMILES string of the molecule is CC(C)(C)NCc1cncn1-c1cncnc1. The molecule has 0 spiro atoms. The van der Waals surface area contributed by atoms with E-state index in [2.05, 4.69) is 41.0 Å². The molecule has 5 heteroatoms. The van der Waals surface area contributed by atoms with Crippen molar-refractivity contribution in [2.24, 2.45) is 0 Å². The summed E-state index contributed by atoms with van der Waals surface area (Å²) in [5.74, 6) is 0. The molecule has 1 N–H and O–H groups in total. The molecule has 2 heterocycles. The van der Waals surface area contributed by atoms with Gasteiger partial charge >= 0.3 is 0 Å². The van der Waals surface area contributed by atoms with Crippen molar-refractivity contribution in [3.63, 3.8) is 0 Å². The van der Waals surface area contributed by atoms with E-state index < -0.39 is 0 Å². The summed E-state index contributed by atoms with van der Waals surface area (Å²) in [6.07, 6.45) is 8.70. The van der Waals surface area contributed by atoms with Crippen molar-refractivity contribution >= 4 is 0 Å². The highest BCUT2D eigenvalue weighted by Gasteiger charge is 2.11. The minimum atomic E-state index is 0.0856. The molecule has 0 bridgehead atoms. The molecule has 5 nitrogen and oxygen atoms in total. The Labute approximate surface area is 101 Å². The molecular weight excluding hydrogens is 214 g/mol. The fourth-order valence-corrected chi connectivity index (χ4v) is 1.46. The van der Waals surface area contributed by atoms with Crippen LogP contribution in [0.5, 0.6) is 0 Å². The van der Waals surface area contributed by atoms with Crippen LogP contribution in [0.2, 0.25) is 0 Å². The van der Waals surface area contributed by atoms with Crippen LogP contribution >= 0.6 is 0 Å². The lowest BCUT2D eigenvalue weighted by Gasteiger charge is -2.20. The molecule has 0 saturated heterocycles. The molecule has 0 aliphatic carbocycles. The summed E-state index contributed by atoms with van der Waals surface area (Å²) in [5.41, 5.74) is 2.10. The fraction of sp³-hybridized carbons (Fsp3) is 0.417. The molecule has 2 aromatic rings. The Morgan fingerprint density at radius 3 is 2.47 bits per heavy atom. The first-order chi connectivity index (χ1) is 8.06. The van der Waals surface area contributed by atoms with E-state index in [4.69, 9.17) is 0 Å². The first kappa shape index (κ1) is 11.7. The lowest BCUT2D eigenvalue weighted by atomic mass is 10.1. The van der Waals surface area contributed by atoms with Gasteiger partial charge in [0.25, 0.3) is 0 Å². The van der Waals surface area contributed by atoms with E-state index in [-0.39, 0.29) is 5.54 Å². The van der Waals surface area contributed by atoms with Crippen LogP contribution in [0.3, 0.4) is 0 Å². The first-order valence-electron chi connectivity index (χ1n) is 5.58. The Morgan fingerprint density at radius 1 is 1.12 bits per heavy atom. The van der Waals surface area contributed by atoms with Gasteiger partial charge in [-0.2, -0.15) is 0 Å². The van der Waals surface area contributed by atoms with Gasteiger partial charge in [0.15, 0.2) is 0 Å². The summed E-state index contributed by atoms with van der Waals surface area (Å²) < 4.78 is 1.98. The lowest BCUT2D eigenvalue weighted by molar-refractivity contribution is 0.419. The van der Waals surface area contributed by atoms with Crippen molar-refractivity contribution in [2.75, 3.05) is 0 Å². The van der Waals surface area contributed by atoms with Gasteiger partial charge in [-0.3, -0.25) is 4.57 Å². The fourth-order valence-electron chi connectivity index (χ4n) is 1.46. The monoisotopic (exact) mass is 231 g/mol. The van der Waals surface area contributed by atoms with Crippen molar-refractivity contribution in [3.05, 3.63) is 36.9 Å². The predicted molar refractivity (Wildman–Crippen MR) is 65.7 cm³/mol. The average molecular weight is 231 g/mol. The van der Waals surface area contributed by atoms with Gasteiger partial charge < -0.3 is 5.32 Å². The van der Waals surface area contributed by atoms with Gasteiger partial charge in [-0.1, -0.05) is 0 Å². The summed E-state index contributed by atoms with van der Waals surface area (Å²) in [4.78, 5) is 12.2. The zero-order valence-corrected chi connectivity index (χ0v) is 10.4. The number of rotatable bonds is 3. The third-order valence-corrected chi connectivity index (χ3v) is 2.34. The summed E-state index contributed by atoms with van der Waals surface area (Å²) in [6.45, 7) is 7.18. The smallest absolute Gasteiger partial charge is 0.115 e. The van der Waals surface area contributed by atoms with E-state index in [0.29, 0.717) is 0 Å². The molecule has 0 aliphatic heterocycles. The van der Waals surface area contributed by atoms with Crippen molar-refractivity contribution in [2.45, 2.75) is 32.9 Å². The maximum atomic E-state index is 4.17. The molecule has 2 aromatic heterocycles. The predicted octanol–water partition coefficient (Wildman–Crippen LogP) is 1.55. The highest BCUT2D eigenvalue weighted by atomic mass is 15.1. The van der Waals surface area contributed by atoms with Gasteiger partial charge in [0.1, 0.15) is 6.33 Å². The molecule has 90 valence electrons. The molecule has 0 unspecified atom stereocenters. The molecule has 0 saturated carbocycles. The Bertz CT molecular complexity index is 469. The lowest BCUT2D eigenvalue weighted by Crippen LogP contribution is -2.35. The Hall–Kier alpha value is -1.75. The first-order valence-corrected chi connectivity index (χ1v) is 5.58. The summed E-state index contributed by atoms with van der Waals surface area (Å²) in [5, 5.41) is 3.43. The molecule has 0 radical (unpaired) electrons. The summed E-state index contributed by atoms with van der Waals surface area (Å²) in [7, 11) is 0. The van der Waals surface area contributed by atoms with Crippen LogP contribution in [0.4, 0.5) is 0 Å². The molecule has 2 rings (SSSR count). The van der Waals surface area contributed by atoms with Gasteiger partial charge in [-0.05, 0) is 20.8 Å². The minimum absolute atomic E-state index is 0.0856. The topological polar surface area (TPSA) is 55.6 Å². The van der Waals surface area contributed by atoms with Crippen molar-refractivity contribution < 1.29 is 0 Å². The Kier molecular flexibility index (Phi) is 3.19. The molecule has 0 amide bonds. The standard InChI is InChI=1S/C12H17N5/c1-12(2,3)16-7-11-6-15-9-17(11)10-4-13-8-14-5-10/h4-6,8-9,16H,7H2,1-3H3. The second-order valence-corrected chi connectivity index (χ2v) is 4.96.